The Balaban J connectivity index is 2.20. The van der Waals surface area contributed by atoms with Gasteiger partial charge in [-0.25, -0.2) is 5.43 Å². The summed E-state index contributed by atoms with van der Waals surface area (Å²) in [4.78, 5) is 22.0. The van der Waals surface area contributed by atoms with E-state index >= 15 is 0 Å². The number of amides is 1. The number of aromatic hydroxyl groups is 1. The fourth-order valence-electron chi connectivity index (χ4n) is 1.89. The zero-order valence-corrected chi connectivity index (χ0v) is 12.7. The molecule has 0 unspecified atom stereocenters. The van der Waals surface area contributed by atoms with Crippen molar-refractivity contribution in [3.63, 3.8) is 0 Å². The van der Waals surface area contributed by atoms with Crippen molar-refractivity contribution in [3.8, 4) is 5.75 Å². The van der Waals surface area contributed by atoms with Gasteiger partial charge in [-0.1, -0.05) is 29.8 Å². The Kier molecular flexibility index (Phi) is 4.92. The number of benzene rings is 2. The van der Waals surface area contributed by atoms with Crippen LogP contribution >= 0.6 is 11.6 Å². The summed E-state index contributed by atoms with van der Waals surface area (Å²) in [6.45, 7) is 1.78. The summed E-state index contributed by atoms with van der Waals surface area (Å²) < 4.78 is 0. The van der Waals surface area contributed by atoms with E-state index in [9.17, 15) is 20.0 Å². The number of nitrogens with zero attached hydrogens (tertiary/aromatic N) is 2. The summed E-state index contributed by atoms with van der Waals surface area (Å²) in [5, 5.41) is 24.4. The van der Waals surface area contributed by atoms with E-state index in [2.05, 4.69) is 10.5 Å². The highest BCUT2D eigenvalue weighted by atomic mass is 35.5. The number of halogens is 1. The largest absolute Gasteiger partial charge is 0.502 e. The van der Waals surface area contributed by atoms with Crippen LogP contribution < -0.4 is 5.43 Å². The Labute approximate surface area is 136 Å². The zero-order chi connectivity index (χ0) is 17.0. The monoisotopic (exact) mass is 333 g/mol. The quantitative estimate of drug-likeness (QED) is 0.509. The predicted molar refractivity (Wildman–Crippen MR) is 86.0 cm³/mol. The number of phenols is 1. The molecule has 2 rings (SSSR count). The summed E-state index contributed by atoms with van der Waals surface area (Å²) in [6, 6.07) is 9.27. The Hall–Kier alpha value is -2.93. The molecule has 0 saturated heterocycles. The van der Waals surface area contributed by atoms with Crippen LogP contribution in [0.25, 0.3) is 0 Å². The molecule has 2 aromatic carbocycles. The number of nitro benzene ring substituents is 1. The number of carbonyl (C=O) groups excluding carboxylic acids is 1. The average Bonchev–Trinajstić information content (AvgIpc) is 2.50. The van der Waals surface area contributed by atoms with Gasteiger partial charge in [-0.2, -0.15) is 5.10 Å². The normalized spacial score (nSPS) is 10.7. The Bertz CT molecular complexity index is 805. The van der Waals surface area contributed by atoms with E-state index in [0.717, 1.165) is 17.8 Å². The first-order chi connectivity index (χ1) is 10.9. The summed E-state index contributed by atoms with van der Waals surface area (Å²) in [7, 11) is 0. The van der Waals surface area contributed by atoms with E-state index in [4.69, 9.17) is 11.6 Å². The zero-order valence-electron chi connectivity index (χ0n) is 12.0. The van der Waals surface area contributed by atoms with Crippen LogP contribution in [0.5, 0.6) is 5.75 Å². The number of hydrazone groups is 1. The van der Waals surface area contributed by atoms with E-state index in [1.165, 1.54) is 6.07 Å². The molecule has 0 atom stereocenters. The second-order valence-corrected chi connectivity index (χ2v) is 5.07. The van der Waals surface area contributed by atoms with Crippen molar-refractivity contribution in [3.05, 3.63) is 68.2 Å². The number of hydrogen-bond acceptors (Lipinski definition) is 5. The molecule has 0 aliphatic carbocycles. The molecule has 8 heteroatoms. The maximum absolute atomic E-state index is 12.0. The molecular formula is C15H12ClN3O4. The molecule has 118 valence electrons. The van der Waals surface area contributed by atoms with Crippen LogP contribution in [0.3, 0.4) is 0 Å². The molecule has 0 bridgehead atoms. The summed E-state index contributed by atoms with van der Waals surface area (Å²) in [5.41, 5.74) is 3.00. The van der Waals surface area contributed by atoms with Crippen LogP contribution in [0.4, 0.5) is 5.69 Å². The van der Waals surface area contributed by atoms with Crippen LogP contribution in [-0.2, 0) is 0 Å². The number of carbonyl (C=O) groups is 1. The minimum Gasteiger partial charge on any atom is -0.502 e. The molecule has 0 saturated carbocycles. The molecular weight excluding hydrogens is 322 g/mol. The smallest absolute Gasteiger partial charge is 0.312 e. The predicted octanol–water partition coefficient (Wildman–Crippen LogP) is 3.03. The molecule has 0 radical (unpaired) electrons. The first-order valence-electron chi connectivity index (χ1n) is 6.46. The standard InChI is InChI=1S/C15H12ClN3O4/c1-9-4-2-3-5-12(9)15(21)18-17-8-10-6-11(16)7-13(14(10)20)19(22)23/h2-8,20H,1H3,(H,18,21)/b17-8-. The van der Waals surface area contributed by atoms with Gasteiger partial charge in [0.2, 0.25) is 5.75 Å². The van der Waals surface area contributed by atoms with Crippen molar-refractivity contribution in [2.75, 3.05) is 0 Å². The highest BCUT2D eigenvalue weighted by Crippen LogP contribution is 2.32. The third kappa shape index (κ3) is 3.83. The van der Waals surface area contributed by atoms with Gasteiger partial charge < -0.3 is 5.11 Å². The minimum absolute atomic E-state index is 0.0225. The van der Waals surface area contributed by atoms with Gasteiger partial charge in [0.25, 0.3) is 5.91 Å². The second-order valence-electron chi connectivity index (χ2n) is 4.63. The molecule has 0 fully saturated rings. The Morgan fingerprint density at radius 1 is 1.39 bits per heavy atom. The van der Waals surface area contributed by atoms with Crippen molar-refractivity contribution in [2.45, 2.75) is 6.92 Å². The molecule has 2 aromatic rings. The SMILES string of the molecule is Cc1ccccc1C(=O)N/N=C\c1cc(Cl)cc([N+](=O)[O-])c1O. The molecule has 23 heavy (non-hydrogen) atoms. The number of rotatable bonds is 4. The number of nitrogens with one attached hydrogen (secondary N) is 1. The van der Waals surface area contributed by atoms with Crippen molar-refractivity contribution < 1.29 is 14.8 Å². The van der Waals surface area contributed by atoms with Crippen LogP contribution in [0.1, 0.15) is 21.5 Å². The number of aryl methyl sites for hydroxylation is 1. The molecule has 0 aliphatic heterocycles. The fourth-order valence-corrected chi connectivity index (χ4v) is 2.11. The number of phenolic OH excluding ortho intramolecular Hbond substituents is 1. The maximum Gasteiger partial charge on any atom is 0.312 e. The van der Waals surface area contributed by atoms with E-state index in [0.29, 0.717) is 5.56 Å². The Morgan fingerprint density at radius 2 is 2.09 bits per heavy atom. The Morgan fingerprint density at radius 3 is 2.74 bits per heavy atom. The van der Waals surface area contributed by atoms with E-state index < -0.39 is 22.3 Å². The van der Waals surface area contributed by atoms with Crippen molar-refractivity contribution in [1.29, 1.82) is 0 Å². The first kappa shape index (κ1) is 16.4. The van der Waals surface area contributed by atoms with Crippen molar-refractivity contribution in [1.82, 2.24) is 5.43 Å². The van der Waals surface area contributed by atoms with E-state index in [1.54, 1.807) is 31.2 Å². The van der Waals surface area contributed by atoms with Crippen LogP contribution in [0, 0.1) is 17.0 Å². The lowest BCUT2D eigenvalue weighted by Crippen LogP contribution is -2.18. The van der Waals surface area contributed by atoms with Crippen LogP contribution in [-0.4, -0.2) is 22.2 Å². The van der Waals surface area contributed by atoms with Gasteiger partial charge >= 0.3 is 5.69 Å². The molecule has 7 nitrogen and oxygen atoms in total. The third-order valence-corrected chi connectivity index (χ3v) is 3.26. The van der Waals surface area contributed by atoms with E-state index in [-0.39, 0.29) is 10.6 Å². The molecule has 2 N–H and O–H groups in total. The van der Waals surface area contributed by atoms with Crippen LogP contribution in [0.15, 0.2) is 41.5 Å². The highest BCUT2D eigenvalue weighted by Gasteiger charge is 2.17. The lowest BCUT2D eigenvalue weighted by Gasteiger charge is -2.04. The summed E-state index contributed by atoms with van der Waals surface area (Å²) in [5.74, 6) is -1.01. The van der Waals surface area contributed by atoms with Gasteiger partial charge in [0.15, 0.2) is 0 Å². The topological polar surface area (TPSA) is 105 Å². The van der Waals surface area contributed by atoms with Gasteiger partial charge in [0.1, 0.15) is 0 Å². The summed E-state index contributed by atoms with van der Waals surface area (Å²) in [6.07, 6.45) is 1.09. The van der Waals surface area contributed by atoms with Crippen molar-refractivity contribution in [2.24, 2.45) is 5.10 Å². The first-order valence-corrected chi connectivity index (χ1v) is 6.84. The third-order valence-electron chi connectivity index (χ3n) is 3.04. The van der Waals surface area contributed by atoms with Gasteiger partial charge in [-0.3, -0.25) is 14.9 Å². The van der Waals surface area contributed by atoms with Gasteiger partial charge in [-0.15, -0.1) is 0 Å². The number of hydrogen-bond donors (Lipinski definition) is 2. The van der Waals surface area contributed by atoms with Gasteiger partial charge in [-0.05, 0) is 24.6 Å². The molecule has 0 aliphatic rings. The maximum atomic E-state index is 12.0. The summed E-state index contributed by atoms with van der Waals surface area (Å²) >= 11 is 5.76. The molecule has 1 amide bonds. The fraction of sp³-hybridized carbons (Fsp3) is 0.0667. The molecule has 0 heterocycles. The minimum atomic E-state index is -0.759. The lowest BCUT2D eigenvalue weighted by molar-refractivity contribution is -0.385. The molecule has 0 aromatic heterocycles. The van der Waals surface area contributed by atoms with E-state index in [1.807, 2.05) is 0 Å². The molecule has 0 spiro atoms. The van der Waals surface area contributed by atoms with Gasteiger partial charge in [0, 0.05) is 22.2 Å². The average molecular weight is 334 g/mol. The lowest BCUT2D eigenvalue weighted by atomic mass is 10.1. The van der Waals surface area contributed by atoms with Gasteiger partial charge in [0.05, 0.1) is 11.1 Å². The van der Waals surface area contributed by atoms with Crippen LogP contribution in [0.2, 0.25) is 5.02 Å². The number of nitro groups is 1. The van der Waals surface area contributed by atoms with Crippen molar-refractivity contribution >= 4 is 29.4 Å². The second kappa shape index (κ2) is 6.89. The highest BCUT2D eigenvalue weighted by molar-refractivity contribution is 6.31.